The number of aliphatic imine (C=N–C) groups is 1. The first-order chi connectivity index (χ1) is 12.2. The topological polar surface area (TPSA) is 124 Å². The van der Waals surface area contributed by atoms with Gasteiger partial charge in [-0.05, 0) is 11.5 Å². The molecule has 2 N–H and O–H groups in total. The van der Waals surface area contributed by atoms with Gasteiger partial charge in [0.1, 0.15) is 5.82 Å². The van der Waals surface area contributed by atoms with Gasteiger partial charge < -0.3 is 4.52 Å². The minimum atomic E-state index is -3.90. The van der Waals surface area contributed by atoms with E-state index in [9.17, 15) is 12.8 Å². The van der Waals surface area contributed by atoms with Crippen molar-refractivity contribution in [2.24, 2.45) is 21.5 Å². The summed E-state index contributed by atoms with van der Waals surface area (Å²) in [6.07, 6.45) is 3.93. The molecule has 3 atom stereocenters. The molecule has 0 bridgehead atoms. The first kappa shape index (κ1) is 17.6. The third-order valence-corrected chi connectivity index (χ3v) is 8.40. The first-order valence-corrected chi connectivity index (χ1v) is 10.3. The highest BCUT2D eigenvalue weighted by Gasteiger charge is 2.73. The van der Waals surface area contributed by atoms with E-state index < -0.39 is 25.3 Å². The molecule has 3 heterocycles. The van der Waals surface area contributed by atoms with Crippen LogP contribution in [0.4, 0.5) is 4.39 Å². The Kier molecular flexibility index (Phi) is 3.76. The average molecular weight is 397 g/mol. The summed E-state index contributed by atoms with van der Waals surface area (Å²) < 4.78 is 42.0. The fourth-order valence-electron chi connectivity index (χ4n) is 3.71. The molecule has 2 aliphatic rings. The Balaban J connectivity index is 1.70. The second-order valence-electron chi connectivity index (χ2n) is 6.98. The van der Waals surface area contributed by atoms with Gasteiger partial charge in [-0.2, -0.15) is 4.98 Å². The molecule has 26 heavy (non-hydrogen) atoms. The number of hydrogen-bond donors (Lipinski definition) is 1. The van der Waals surface area contributed by atoms with Gasteiger partial charge in [0, 0.05) is 23.9 Å². The van der Waals surface area contributed by atoms with E-state index in [1.54, 1.807) is 0 Å². The van der Waals surface area contributed by atoms with Crippen molar-refractivity contribution in [3.63, 3.8) is 0 Å². The van der Waals surface area contributed by atoms with Gasteiger partial charge in [0.25, 0.3) is 0 Å². The number of halogens is 1. The summed E-state index contributed by atoms with van der Waals surface area (Å²) in [7, 11) is -3.90. The fraction of sp³-hybridized carbons (Fsp3) is 0.467. The molecular weight excluding hydrogens is 381 g/mol. The molecule has 0 spiro atoms. The lowest BCUT2D eigenvalue weighted by atomic mass is 10.1. The SMILES string of the molecule is CC1(C)C(c2nc(-c3cncc(F)c3)no2)C1C1(S(N)(=O)=O)C=NCS1. The van der Waals surface area contributed by atoms with Crippen molar-refractivity contribution in [3.8, 4) is 11.4 Å². The predicted molar refractivity (Wildman–Crippen MR) is 94.3 cm³/mol. The van der Waals surface area contributed by atoms with E-state index in [4.69, 9.17) is 9.66 Å². The molecule has 11 heteroatoms. The van der Waals surface area contributed by atoms with E-state index >= 15 is 0 Å². The smallest absolute Gasteiger partial charge is 0.231 e. The lowest BCUT2D eigenvalue weighted by Crippen LogP contribution is -2.44. The van der Waals surface area contributed by atoms with Crippen LogP contribution < -0.4 is 5.14 Å². The van der Waals surface area contributed by atoms with Crippen LogP contribution in [0.1, 0.15) is 25.7 Å². The summed E-state index contributed by atoms with van der Waals surface area (Å²) in [5.41, 5.74) is -0.0484. The molecule has 1 saturated carbocycles. The van der Waals surface area contributed by atoms with Crippen molar-refractivity contribution in [2.45, 2.75) is 23.8 Å². The Morgan fingerprint density at radius 1 is 1.38 bits per heavy atom. The minimum absolute atomic E-state index is 0.200. The molecule has 4 rings (SSSR count). The molecule has 138 valence electrons. The molecule has 0 aromatic carbocycles. The normalized spacial score (nSPS) is 29.8. The largest absolute Gasteiger partial charge is 0.339 e. The highest BCUT2D eigenvalue weighted by molar-refractivity contribution is 8.15. The minimum Gasteiger partial charge on any atom is -0.339 e. The van der Waals surface area contributed by atoms with Crippen molar-refractivity contribution >= 4 is 28.0 Å². The Morgan fingerprint density at radius 3 is 2.77 bits per heavy atom. The Hall–Kier alpha value is -1.85. The number of nitrogens with two attached hydrogens (primary N) is 1. The fourth-order valence-corrected chi connectivity index (χ4v) is 6.65. The molecule has 2 aromatic rings. The molecular formula is C15H16FN5O3S2. The molecule has 1 aliphatic heterocycles. The van der Waals surface area contributed by atoms with E-state index in [-0.39, 0.29) is 17.7 Å². The molecule has 1 aliphatic carbocycles. The van der Waals surface area contributed by atoms with Crippen molar-refractivity contribution in [3.05, 3.63) is 30.2 Å². The van der Waals surface area contributed by atoms with Crippen LogP contribution in [0.5, 0.6) is 0 Å². The summed E-state index contributed by atoms with van der Waals surface area (Å²) >= 11 is 1.19. The molecule has 1 fully saturated rings. The van der Waals surface area contributed by atoms with Crippen LogP contribution >= 0.6 is 11.8 Å². The summed E-state index contributed by atoms with van der Waals surface area (Å²) in [5.74, 6) is -0.347. The molecule has 8 nitrogen and oxygen atoms in total. The third kappa shape index (κ3) is 2.48. The van der Waals surface area contributed by atoms with Gasteiger partial charge in [0.2, 0.25) is 21.7 Å². The Bertz CT molecular complexity index is 1010. The second kappa shape index (κ2) is 5.57. The number of thioether (sulfide) groups is 1. The van der Waals surface area contributed by atoms with E-state index in [0.717, 1.165) is 6.20 Å². The van der Waals surface area contributed by atoms with Crippen molar-refractivity contribution in [1.29, 1.82) is 0 Å². The van der Waals surface area contributed by atoms with Gasteiger partial charge >= 0.3 is 0 Å². The van der Waals surface area contributed by atoms with Crippen LogP contribution in [0.3, 0.4) is 0 Å². The lowest BCUT2D eigenvalue weighted by molar-refractivity contribution is 0.367. The van der Waals surface area contributed by atoms with Gasteiger partial charge in [0.05, 0.1) is 18.0 Å². The van der Waals surface area contributed by atoms with Crippen LogP contribution in [0.2, 0.25) is 0 Å². The first-order valence-electron chi connectivity index (χ1n) is 7.78. The van der Waals surface area contributed by atoms with Gasteiger partial charge in [0.15, 0.2) is 4.08 Å². The van der Waals surface area contributed by atoms with Gasteiger partial charge in [-0.25, -0.2) is 17.9 Å². The molecule has 0 amide bonds. The maximum atomic E-state index is 13.4. The number of aromatic nitrogens is 3. The summed E-state index contributed by atoms with van der Waals surface area (Å²) in [6, 6.07) is 1.25. The zero-order chi connectivity index (χ0) is 18.7. The monoisotopic (exact) mass is 397 g/mol. The van der Waals surface area contributed by atoms with Crippen molar-refractivity contribution in [1.82, 2.24) is 15.1 Å². The zero-order valence-corrected chi connectivity index (χ0v) is 15.6. The van der Waals surface area contributed by atoms with Gasteiger partial charge in [-0.1, -0.05) is 19.0 Å². The highest BCUT2D eigenvalue weighted by atomic mass is 32.3. The summed E-state index contributed by atoms with van der Waals surface area (Å²) in [4.78, 5) is 12.2. The van der Waals surface area contributed by atoms with Crippen LogP contribution in [-0.2, 0) is 10.0 Å². The summed E-state index contributed by atoms with van der Waals surface area (Å²) in [5, 5.41) is 9.42. The Labute approximate surface area is 153 Å². The van der Waals surface area contributed by atoms with Crippen LogP contribution in [-0.4, -0.2) is 39.7 Å². The molecule has 0 saturated heterocycles. The highest BCUT2D eigenvalue weighted by Crippen LogP contribution is 2.71. The van der Waals surface area contributed by atoms with Gasteiger partial charge in [-0.15, -0.1) is 11.8 Å². The van der Waals surface area contributed by atoms with Crippen LogP contribution in [0, 0.1) is 17.2 Å². The number of rotatable bonds is 4. The van der Waals surface area contributed by atoms with Gasteiger partial charge in [-0.3, -0.25) is 9.98 Å². The Morgan fingerprint density at radius 2 is 2.15 bits per heavy atom. The van der Waals surface area contributed by atoms with E-state index in [1.807, 2.05) is 13.8 Å². The maximum absolute atomic E-state index is 13.4. The quantitative estimate of drug-likeness (QED) is 0.833. The second-order valence-corrected chi connectivity index (χ2v) is 10.2. The van der Waals surface area contributed by atoms with Crippen LogP contribution in [0.15, 0.2) is 28.0 Å². The number of hydrogen-bond acceptors (Lipinski definition) is 8. The third-order valence-electron chi connectivity index (χ3n) is 5.01. The van der Waals surface area contributed by atoms with Crippen molar-refractivity contribution in [2.75, 3.05) is 5.88 Å². The van der Waals surface area contributed by atoms with E-state index in [2.05, 4.69) is 20.1 Å². The number of primary sulfonamides is 1. The maximum Gasteiger partial charge on any atom is 0.231 e. The lowest BCUT2D eigenvalue weighted by Gasteiger charge is -2.24. The standard InChI is InChI=1S/C15H16FN5O3S2/c1-14(2)10(11(14)15(26(17,22)23)6-19-7-25-15)13-20-12(21-24-13)8-3-9(16)5-18-4-8/h3-6,10-11H,7H2,1-2H3,(H2,17,22,23). The number of nitrogens with zero attached hydrogens (tertiary/aromatic N) is 4. The molecule has 0 radical (unpaired) electrons. The summed E-state index contributed by atoms with van der Waals surface area (Å²) in [6.45, 7) is 3.85. The zero-order valence-electron chi connectivity index (χ0n) is 14.0. The molecule has 3 unspecified atom stereocenters. The van der Waals surface area contributed by atoms with Crippen LogP contribution in [0.25, 0.3) is 11.4 Å². The van der Waals surface area contributed by atoms with Crippen molar-refractivity contribution < 1.29 is 17.3 Å². The molecule has 2 aromatic heterocycles. The van der Waals surface area contributed by atoms with E-state index in [0.29, 0.717) is 17.3 Å². The number of sulfonamides is 1. The number of pyridine rings is 1. The average Bonchev–Trinajstić information content (AvgIpc) is 3.00. The van der Waals surface area contributed by atoms with E-state index in [1.165, 1.54) is 30.2 Å². The predicted octanol–water partition coefficient (Wildman–Crippen LogP) is 1.77.